The fourth-order valence-electron chi connectivity index (χ4n) is 7.61. The molecule has 0 spiro atoms. The number of hydrogen-bond acceptors (Lipinski definition) is 6. The lowest BCUT2D eigenvalue weighted by Crippen LogP contribution is -2.10. The molecule has 0 atom stereocenters. The molecule has 0 aliphatic heterocycles. The van der Waals surface area contributed by atoms with Crippen LogP contribution in [0.2, 0.25) is 0 Å². The van der Waals surface area contributed by atoms with E-state index in [1.54, 1.807) is 70.6 Å². The first-order chi connectivity index (χ1) is 35.0. The summed E-state index contributed by atoms with van der Waals surface area (Å²) in [5.74, 6) is -1.77. The molecule has 0 fully saturated rings. The van der Waals surface area contributed by atoms with Crippen molar-refractivity contribution in [1.29, 1.82) is 0 Å². The second-order valence-corrected chi connectivity index (χ2v) is 12.9. The number of pyridine rings is 3. The van der Waals surface area contributed by atoms with Gasteiger partial charge in [-0.3, -0.25) is 19.5 Å². The van der Waals surface area contributed by atoms with E-state index < -0.39 is 131 Å². The molecule has 0 bridgehead atoms. The van der Waals surface area contributed by atoms with E-state index in [-0.39, 0.29) is 27.7 Å². The average Bonchev–Trinajstić information content (AvgIpc) is 4.05. The molecule has 7 aromatic heterocycles. The van der Waals surface area contributed by atoms with Crippen LogP contribution in [0.1, 0.15) is 21.9 Å². The molecular weight excluding hydrogens is 703 g/mol. The summed E-state index contributed by atoms with van der Waals surface area (Å²) < 4.78 is 149. The number of fused-ring (bicyclic) bond motifs is 9. The molecule has 0 aliphatic rings. The normalized spacial score (nSPS) is 15.8. The van der Waals surface area contributed by atoms with E-state index in [4.69, 9.17) is 25.0 Å². The lowest BCUT2D eigenvalue weighted by Gasteiger charge is -2.20. The van der Waals surface area contributed by atoms with E-state index in [9.17, 15) is 6.85 Å². The Kier molecular flexibility index (Phi) is 4.19. The van der Waals surface area contributed by atoms with E-state index in [0.29, 0.717) is 38.2 Å². The van der Waals surface area contributed by atoms with Crippen LogP contribution in [0.25, 0.3) is 106 Å². The number of benzene rings is 5. The number of aromatic nitrogens is 9. The van der Waals surface area contributed by atoms with Crippen molar-refractivity contribution in [2.45, 2.75) is 0 Å². The Bertz CT molecular complexity index is 4280. The maximum atomic E-state index is 9.94. The third kappa shape index (κ3) is 4.63. The van der Waals surface area contributed by atoms with Gasteiger partial charge in [0.2, 0.25) is 5.95 Å². The van der Waals surface area contributed by atoms with E-state index >= 15 is 0 Å². The Labute approximate surface area is 347 Å². The van der Waals surface area contributed by atoms with E-state index in [1.807, 2.05) is 18.2 Å². The van der Waals surface area contributed by atoms with Crippen LogP contribution in [0.5, 0.6) is 0 Å². The van der Waals surface area contributed by atoms with Crippen LogP contribution in [0.3, 0.4) is 0 Å². The summed E-state index contributed by atoms with van der Waals surface area (Å²) in [5, 5.41) is 1.92. The molecule has 0 saturated heterocycles. The Hall–Kier alpha value is -8.04. The molecule has 7 heterocycles. The minimum Gasteiger partial charge on any atom is -0.307 e. The fraction of sp³-hybridized carbons (Fsp3) is 0. The van der Waals surface area contributed by atoms with Gasteiger partial charge in [-0.15, -0.1) is 0 Å². The minimum atomic E-state index is -0.774. The van der Waals surface area contributed by atoms with Gasteiger partial charge in [-0.1, -0.05) is 90.7 Å². The molecule has 0 amide bonds. The van der Waals surface area contributed by atoms with Gasteiger partial charge in [0.05, 0.1) is 66.4 Å². The van der Waals surface area contributed by atoms with Crippen LogP contribution in [-0.2, 0) is 0 Å². The van der Waals surface area contributed by atoms with Gasteiger partial charge in [0.15, 0.2) is 11.6 Å². The Morgan fingerprint density at radius 3 is 1.65 bits per heavy atom. The molecule has 0 unspecified atom stereocenters. The molecule has 0 radical (unpaired) electrons. The van der Waals surface area contributed by atoms with Gasteiger partial charge < -0.3 is 9.13 Å². The zero-order valence-electron chi connectivity index (χ0n) is 45.0. The van der Waals surface area contributed by atoms with E-state index in [0.717, 1.165) is 9.95 Å². The lowest BCUT2D eigenvalue weighted by atomic mass is 10.1. The standard InChI is InChI=1S/C48H29N9/c1-2-11-30(12-3-1)46-52-47(54-48(53-46)57-39-18-8-4-13-31(39)32-14-5-9-19-40(32)57)34-16-10-20-44(55-38-17-7-6-15-33(38)35-27-49-24-21-41(35)55)45(34)56-42-22-25-50-28-36(42)37-29-51-26-23-43(37)56/h1-29H/i1D,2D,3D,4D,5D,8D,9D,10D,11D,12D,13D,14D,16D,18D,19D,20D. The monoisotopic (exact) mass is 747 g/mol. The van der Waals surface area contributed by atoms with Crippen LogP contribution < -0.4 is 0 Å². The molecule has 0 aliphatic carbocycles. The maximum Gasteiger partial charge on any atom is 0.238 e. The highest BCUT2D eigenvalue weighted by Gasteiger charge is 2.25. The van der Waals surface area contributed by atoms with Gasteiger partial charge in [-0.25, -0.2) is 4.98 Å². The van der Waals surface area contributed by atoms with Crippen LogP contribution in [0.4, 0.5) is 0 Å². The quantitative estimate of drug-likeness (QED) is 0.174. The Balaban J connectivity index is 1.35. The number of rotatable bonds is 5. The highest BCUT2D eigenvalue weighted by atomic mass is 15.2. The first-order valence-corrected chi connectivity index (χ1v) is 17.5. The summed E-state index contributed by atoms with van der Waals surface area (Å²) >= 11 is 0. The smallest absolute Gasteiger partial charge is 0.238 e. The number of para-hydroxylation sites is 4. The molecule has 0 N–H and O–H groups in total. The van der Waals surface area contributed by atoms with Crippen LogP contribution in [0, 0.1) is 0 Å². The second kappa shape index (κ2) is 12.2. The van der Waals surface area contributed by atoms with Crippen molar-refractivity contribution in [3.63, 3.8) is 0 Å². The van der Waals surface area contributed by atoms with E-state index in [1.165, 1.54) is 0 Å². The fourth-order valence-corrected chi connectivity index (χ4v) is 7.61. The second-order valence-electron chi connectivity index (χ2n) is 12.9. The summed E-state index contributed by atoms with van der Waals surface area (Å²) in [5.41, 5.74) is 0.473. The van der Waals surface area contributed by atoms with Crippen LogP contribution in [-0.4, -0.2) is 43.6 Å². The third-order valence-corrected chi connectivity index (χ3v) is 9.92. The summed E-state index contributed by atoms with van der Waals surface area (Å²) in [6.07, 6.45) is 9.56. The third-order valence-electron chi connectivity index (χ3n) is 9.92. The number of hydrogen-bond donors (Lipinski definition) is 0. The summed E-state index contributed by atoms with van der Waals surface area (Å²) in [6, 6.07) is 1.31. The molecule has 12 rings (SSSR count). The topological polar surface area (TPSA) is 92.1 Å². The predicted octanol–water partition coefficient (Wildman–Crippen LogP) is 10.7. The van der Waals surface area contributed by atoms with Gasteiger partial charge in [-0.05, 0) is 48.4 Å². The highest BCUT2D eigenvalue weighted by molar-refractivity contribution is 6.12. The molecule has 0 saturated carbocycles. The highest BCUT2D eigenvalue weighted by Crippen LogP contribution is 2.42. The van der Waals surface area contributed by atoms with Crippen molar-refractivity contribution in [3.05, 3.63) is 176 Å². The van der Waals surface area contributed by atoms with Gasteiger partial charge in [0.25, 0.3) is 0 Å². The summed E-state index contributed by atoms with van der Waals surface area (Å²) in [7, 11) is 0. The molecule has 12 aromatic rings. The Morgan fingerprint density at radius 1 is 0.404 bits per heavy atom. The van der Waals surface area contributed by atoms with Crippen molar-refractivity contribution < 1.29 is 21.9 Å². The van der Waals surface area contributed by atoms with Crippen molar-refractivity contribution in [2.75, 3.05) is 0 Å². The van der Waals surface area contributed by atoms with E-state index in [2.05, 4.69) is 19.9 Å². The first-order valence-electron chi connectivity index (χ1n) is 25.5. The lowest BCUT2D eigenvalue weighted by molar-refractivity contribution is 0.950. The summed E-state index contributed by atoms with van der Waals surface area (Å²) in [6.45, 7) is 0. The maximum absolute atomic E-state index is 9.94. The molecule has 5 aromatic carbocycles. The SMILES string of the molecule is [2H]c1c([2H])c([2H])c(-c2nc(-c3c([2H])c([2H])c([2H])c(-n4c5ccccc5c5cnccc54)c3-n3c4ccncc4c4cnccc43)nc(-n3c4c([2H])c([2H])c([2H])c([2H])c4c4c([2H])c([2H])c([2H])c([2H])c43)n2)c([2H])c1[2H]. The van der Waals surface area contributed by atoms with Crippen molar-refractivity contribution in [3.8, 4) is 40.1 Å². The van der Waals surface area contributed by atoms with Crippen LogP contribution >= 0.6 is 0 Å². The van der Waals surface area contributed by atoms with Crippen molar-refractivity contribution in [2.24, 2.45) is 0 Å². The molecule has 9 heteroatoms. The molecule has 266 valence electrons. The minimum absolute atomic E-state index is 0.0260. The zero-order chi connectivity index (χ0) is 51.4. The predicted molar refractivity (Wildman–Crippen MR) is 227 cm³/mol. The van der Waals surface area contributed by atoms with Gasteiger partial charge in [0.1, 0.15) is 0 Å². The van der Waals surface area contributed by atoms with Crippen molar-refractivity contribution >= 4 is 65.4 Å². The van der Waals surface area contributed by atoms with Crippen molar-refractivity contribution in [1.82, 2.24) is 43.6 Å². The summed E-state index contributed by atoms with van der Waals surface area (Å²) in [4.78, 5) is 27.6. The zero-order valence-corrected chi connectivity index (χ0v) is 29.0. The van der Waals surface area contributed by atoms with Crippen LogP contribution in [0.15, 0.2) is 176 Å². The first kappa shape index (κ1) is 19.5. The number of nitrogens with zero attached hydrogens (tertiary/aromatic N) is 9. The molecule has 57 heavy (non-hydrogen) atoms. The average molecular weight is 748 g/mol. The molecule has 9 nitrogen and oxygen atoms in total. The van der Waals surface area contributed by atoms with Gasteiger partial charge >= 0.3 is 0 Å². The Morgan fingerprint density at radius 2 is 0.965 bits per heavy atom. The molecular formula is C48H29N9. The van der Waals surface area contributed by atoms with Gasteiger partial charge in [0, 0.05) is 80.6 Å². The largest absolute Gasteiger partial charge is 0.307 e. The van der Waals surface area contributed by atoms with Gasteiger partial charge in [-0.2, -0.15) is 9.97 Å².